The summed E-state index contributed by atoms with van der Waals surface area (Å²) in [6.45, 7) is 1.70. The van der Waals surface area contributed by atoms with Crippen LogP contribution in [0.3, 0.4) is 0 Å². The van der Waals surface area contributed by atoms with Gasteiger partial charge in [-0.1, -0.05) is 30.9 Å². The van der Waals surface area contributed by atoms with Crippen LogP contribution >= 0.6 is 11.6 Å². The molecule has 2 amide bonds. The zero-order valence-electron chi connectivity index (χ0n) is 14.6. The summed E-state index contributed by atoms with van der Waals surface area (Å²) in [6, 6.07) is 4.99. The fourth-order valence-electron chi connectivity index (χ4n) is 2.85. The predicted octanol–water partition coefficient (Wildman–Crippen LogP) is 3.75. The lowest BCUT2D eigenvalue weighted by Gasteiger charge is -2.19. The minimum Gasteiger partial charge on any atom is -0.495 e. The Labute approximate surface area is 153 Å². The predicted molar refractivity (Wildman–Crippen MR) is 99.1 cm³/mol. The van der Waals surface area contributed by atoms with E-state index in [0.29, 0.717) is 22.2 Å². The highest BCUT2D eigenvalue weighted by molar-refractivity contribution is 6.31. The van der Waals surface area contributed by atoms with Crippen molar-refractivity contribution < 1.29 is 14.3 Å². The van der Waals surface area contributed by atoms with E-state index in [2.05, 4.69) is 15.8 Å². The van der Waals surface area contributed by atoms with Gasteiger partial charge in [0.05, 0.1) is 19.2 Å². The van der Waals surface area contributed by atoms with Crippen LogP contribution in [0, 0.1) is 5.92 Å². The molecular formula is C18H24ClN3O3. The summed E-state index contributed by atoms with van der Waals surface area (Å²) in [7, 11) is 1.52. The molecule has 136 valence electrons. The van der Waals surface area contributed by atoms with Crippen LogP contribution in [0.25, 0.3) is 0 Å². The molecule has 0 unspecified atom stereocenters. The molecule has 25 heavy (non-hydrogen) atoms. The van der Waals surface area contributed by atoms with Gasteiger partial charge in [-0.05, 0) is 38.0 Å². The van der Waals surface area contributed by atoms with Crippen molar-refractivity contribution in [1.29, 1.82) is 0 Å². The fourth-order valence-corrected chi connectivity index (χ4v) is 3.02. The maximum atomic E-state index is 12.1. The highest BCUT2D eigenvalue weighted by Crippen LogP contribution is 2.27. The quantitative estimate of drug-likeness (QED) is 0.595. The van der Waals surface area contributed by atoms with Gasteiger partial charge in [0.15, 0.2) is 0 Å². The van der Waals surface area contributed by atoms with Crippen molar-refractivity contribution in [2.24, 2.45) is 11.0 Å². The molecule has 2 N–H and O–H groups in total. The van der Waals surface area contributed by atoms with E-state index < -0.39 is 0 Å². The van der Waals surface area contributed by atoms with Gasteiger partial charge in [-0.3, -0.25) is 9.59 Å². The van der Waals surface area contributed by atoms with Crippen molar-refractivity contribution in [2.75, 3.05) is 12.4 Å². The van der Waals surface area contributed by atoms with Gasteiger partial charge >= 0.3 is 0 Å². The van der Waals surface area contributed by atoms with Crippen LogP contribution in [0.1, 0.15) is 45.4 Å². The van der Waals surface area contributed by atoms with E-state index in [9.17, 15) is 9.59 Å². The summed E-state index contributed by atoms with van der Waals surface area (Å²) < 4.78 is 5.19. The molecule has 0 radical (unpaired) electrons. The molecular weight excluding hydrogens is 342 g/mol. The van der Waals surface area contributed by atoms with Crippen molar-refractivity contribution in [3.05, 3.63) is 23.2 Å². The Kier molecular flexibility index (Phi) is 7.25. The molecule has 7 heteroatoms. The van der Waals surface area contributed by atoms with E-state index in [1.165, 1.54) is 13.5 Å². The lowest BCUT2D eigenvalue weighted by atomic mass is 9.89. The van der Waals surface area contributed by atoms with E-state index in [1.807, 2.05) is 0 Å². The third kappa shape index (κ3) is 6.05. The minimum atomic E-state index is -0.256. The summed E-state index contributed by atoms with van der Waals surface area (Å²) in [5, 5.41) is 7.28. The molecule has 0 aliphatic heterocycles. The van der Waals surface area contributed by atoms with Crippen LogP contribution < -0.4 is 15.5 Å². The summed E-state index contributed by atoms with van der Waals surface area (Å²) >= 11 is 5.94. The number of anilines is 1. The summed E-state index contributed by atoms with van der Waals surface area (Å²) in [4.78, 5) is 24.2. The second-order valence-electron chi connectivity index (χ2n) is 6.23. The summed E-state index contributed by atoms with van der Waals surface area (Å²) in [5.74, 6) is 0.248. The number of nitrogens with one attached hydrogen (secondary N) is 2. The molecule has 0 spiro atoms. The lowest BCUT2D eigenvalue weighted by molar-refractivity contribution is -0.126. The average Bonchev–Trinajstić information content (AvgIpc) is 2.60. The SMILES string of the molecule is COc1ccc(Cl)cc1NC(=O)CC(C)=NNC(=O)C1CCCCC1. The highest BCUT2D eigenvalue weighted by Gasteiger charge is 2.20. The molecule has 0 atom stereocenters. The number of ether oxygens (including phenoxy) is 1. The number of hydrogen-bond donors (Lipinski definition) is 2. The molecule has 0 heterocycles. The third-order valence-corrected chi connectivity index (χ3v) is 4.42. The second-order valence-corrected chi connectivity index (χ2v) is 6.66. The molecule has 1 aliphatic rings. The third-order valence-electron chi connectivity index (χ3n) is 4.18. The summed E-state index contributed by atoms with van der Waals surface area (Å²) in [5.41, 5.74) is 3.61. The fraction of sp³-hybridized carbons (Fsp3) is 0.500. The molecule has 0 saturated heterocycles. The number of nitrogens with zero attached hydrogens (tertiary/aromatic N) is 1. The van der Waals surface area contributed by atoms with E-state index >= 15 is 0 Å². The van der Waals surface area contributed by atoms with Crippen molar-refractivity contribution in [3.63, 3.8) is 0 Å². The Balaban J connectivity index is 1.87. The average molecular weight is 366 g/mol. The van der Waals surface area contributed by atoms with Crippen LogP contribution in [0.5, 0.6) is 5.75 Å². The molecule has 1 fully saturated rings. The number of hydrazone groups is 1. The van der Waals surface area contributed by atoms with E-state index in [1.54, 1.807) is 25.1 Å². The minimum absolute atomic E-state index is 0.0369. The first kappa shape index (κ1) is 19.2. The monoisotopic (exact) mass is 365 g/mol. The van der Waals surface area contributed by atoms with Gasteiger partial charge in [-0.15, -0.1) is 0 Å². The van der Waals surface area contributed by atoms with Gasteiger partial charge < -0.3 is 10.1 Å². The Morgan fingerprint density at radius 3 is 2.68 bits per heavy atom. The first-order valence-corrected chi connectivity index (χ1v) is 8.84. The number of rotatable bonds is 6. The zero-order chi connectivity index (χ0) is 18.2. The van der Waals surface area contributed by atoms with Gasteiger partial charge in [0.25, 0.3) is 0 Å². The number of amides is 2. The Morgan fingerprint density at radius 1 is 1.28 bits per heavy atom. The van der Waals surface area contributed by atoms with E-state index in [4.69, 9.17) is 16.3 Å². The molecule has 1 saturated carbocycles. The van der Waals surface area contributed by atoms with Crippen LogP contribution in [0.15, 0.2) is 23.3 Å². The Bertz CT molecular complexity index is 655. The van der Waals surface area contributed by atoms with E-state index in [-0.39, 0.29) is 24.2 Å². The Morgan fingerprint density at radius 2 is 2.00 bits per heavy atom. The van der Waals surface area contributed by atoms with Crippen molar-refractivity contribution in [1.82, 2.24) is 5.43 Å². The van der Waals surface area contributed by atoms with Crippen LogP contribution in [-0.2, 0) is 9.59 Å². The van der Waals surface area contributed by atoms with Crippen molar-refractivity contribution in [3.8, 4) is 5.75 Å². The maximum Gasteiger partial charge on any atom is 0.243 e. The largest absolute Gasteiger partial charge is 0.495 e. The van der Waals surface area contributed by atoms with Crippen LogP contribution in [0.4, 0.5) is 5.69 Å². The van der Waals surface area contributed by atoms with Crippen LogP contribution in [-0.4, -0.2) is 24.6 Å². The smallest absolute Gasteiger partial charge is 0.243 e. The zero-order valence-corrected chi connectivity index (χ0v) is 15.4. The molecule has 0 aromatic heterocycles. The van der Waals surface area contributed by atoms with Crippen LogP contribution in [0.2, 0.25) is 5.02 Å². The van der Waals surface area contributed by atoms with Gasteiger partial charge in [0.1, 0.15) is 5.75 Å². The first-order valence-electron chi connectivity index (χ1n) is 8.46. The van der Waals surface area contributed by atoms with Gasteiger partial charge in [0.2, 0.25) is 11.8 Å². The van der Waals surface area contributed by atoms with E-state index in [0.717, 1.165) is 25.7 Å². The number of halogens is 1. The first-order chi connectivity index (χ1) is 12.0. The van der Waals surface area contributed by atoms with Crippen molar-refractivity contribution >= 4 is 34.8 Å². The highest BCUT2D eigenvalue weighted by atomic mass is 35.5. The molecule has 2 rings (SSSR count). The number of methoxy groups -OCH3 is 1. The van der Waals surface area contributed by atoms with Gasteiger partial charge in [-0.2, -0.15) is 5.10 Å². The second kappa shape index (κ2) is 9.42. The standard InChI is InChI=1S/C18H24ClN3O3/c1-12(21-22-18(24)13-6-4-3-5-7-13)10-17(23)20-15-11-14(19)8-9-16(15)25-2/h8-9,11,13H,3-7,10H2,1-2H3,(H,20,23)(H,22,24). The number of benzene rings is 1. The lowest BCUT2D eigenvalue weighted by Crippen LogP contribution is -2.29. The van der Waals surface area contributed by atoms with Gasteiger partial charge in [-0.25, -0.2) is 5.43 Å². The molecule has 6 nitrogen and oxygen atoms in total. The normalized spacial score (nSPS) is 15.6. The molecule has 1 aromatic carbocycles. The maximum absolute atomic E-state index is 12.1. The molecule has 0 bridgehead atoms. The number of carbonyl (C=O) groups excluding carboxylic acids is 2. The van der Waals surface area contributed by atoms with Crippen molar-refractivity contribution in [2.45, 2.75) is 45.4 Å². The topological polar surface area (TPSA) is 79.8 Å². The van der Waals surface area contributed by atoms with Gasteiger partial charge in [0, 0.05) is 16.7 Å². The molecule has 1 aromatic rings. The number of hydrogen-bond acceptors (Lipinski definition) is 4. The molecule has 1 aliphatic carbocycles. The number of carbonyl (C=O) groups is 2. The Hall–Kier alpha value is -2.08. The summed E-state index contributed by atoms with van der Waals surface area (Å²) in [6.07, 6.45) is 5.26.